The Hall–Kier alpha value is -3.23. The Morgan fingerprint density at radius 2 is 1.87 bits per heavy atom. The first-order valence-electron chi connectivity index (χ1n) is 10.1. The van der Waals surface area contributed by atoms with Gasteiger partial charge in [-0.05, 0) is 51.7 Å². The van der Waals surface area contributed by atoms with Crippen LogP contribution >= 0.6 is 0 Å². The van der Waals surface area contributed by atoms with Gasteiger partial charge in [-0.1, -0.05) is 0 Å². The van der Waals surface area contributed by atoms with Gasteiger partial charge in [-0.15, -0.1) is 4.57 Å². The summed E-state index contributed by atoms with van der Waals surface area (Å²) in [6.45, 7) is 5.42. The van der Waals surface area contributed by atoms with Crippen molar-refractivity contribution in [2.45, 2.75) is 52.1 Å². The Balaban J connectivity index is 2.08. The van der Waals surface area contributed by atoms with Crippen LogP contribution in [-0.2, 0) is 32.5 Å². The number of carbonyl (C=O) groups is 2. The number of H-pyrrole nitrogens is 1. The minimum Gasteiger partial charge on any atom is -0.469 e. The number of ether oxygens (including phenoxy) is 2. The van der Waals surface area contributed by atoms with E-state index in [0.717, 1.165) is 10.1 Å². The van der Waals surface area contributed by atoms with Gasteiger partial charge in [0, 0.05) is 31.8 Å². The van der Waals surface area contributed by atoms with Crippen molar-refractivity contribution >= 4 is 11.9 Å². The summed E-state index contributed by atoms with van der Waals surface area (Å²) in [5.41, 5.74) is -0.650. The number of carbonyl (C=O) groups excluding carboxylic acids is 2. The van der Waals surface area contributed by atoms with Gasteiger partial charge in [-0.25, -0.2) is 14.6 Å². The van der Waals surface area contributed by atoms with E-state index in [9.17, 15) is 19.2 Å². The second-order valence-corrected chi connectivity index (χ2v) is 8.37. The second kappa shape index (κ2) is 10.2. The number of aryl methyl sites for hydroxylation is 1. The number of aromatic nitrogens is 3. The summed E-state index contributed by atoms with van der Waals surface area (Å²) in [7, 11) is 2.89. The van der Waals surface area contributed by atoms with Gasteiger partial charge in [0.15, 0.2) is 0 Å². The summed E-state index contributed by atoms with van der Waals surface area (Å²) < 4.78 is 12.5. The number of nitrogens with one attached hydrogen (secondary N) is 1. The molecule has 0 bridgehead atoms. The van der Waals surface area contributed by atoms with Crippen molar-refractivity contribution in [3.8, 4) is 5.82 Å². The van der Waals surface area contributed by atoms with Gasteiger partial charge in [0.05, 0.1) is 19.2 Å². The van der Waals surface area contributed by atoms with Gasteiger partial charge >= 0.3 is 23.2 Å². The molecule has 0 saturated carbocycles. The zero-order valence-electron chi connectivity index (χ0n) is 18.6. The molecule has 0 aliphatic rings. The monoisotopic (exact) mass is 432 g/mol. The summed E-state index contributed by atoms with van der Waals surface area (Å²) >= 11 is 0. The van der Waals surface area contributed by atoms with Gasteiger partial charge in [0.1, 0.15) is 5.60 Å². The van der Waals surface area contributed by atoms with E-state index in [0.29, 0.717) is 25.1 Å². The Morgan fingerprint density at radius 1 is 1.16 bits per heavy atom. The lowest BCUT2D eigenvalue weighted by Gasteiger charge is -2.20. The Kier molecular flexibility index (Phi) is 7.90. The van der Waals surface area contributed by atoms with Gasteiger partial charge in [0.2, 0.25) is 0 Å². The first kappa shape index (κ1) is 24.0. The molecular formula is C22H30N3O6+. The SMILES string of the molecule is COC(=O)[C@@H](CCCC(=O)OC(C)(C)C)Cc1ccc(-n2c(=O)ccn(C)c2=O)[nH+]c1. The number of hydrogen-bond donors (Lipinski definition) is 0. The Bertz CT molecular complexity index is 1030. The first-order valence-corrected chi connectivity index (χ1v) is 10.1. The maximum absolute atomic E-state index is 12.2. The highest BCUT2D eigenvalue weighted by atomic mass is 16.6. The molecule has 1 atom stereocenters. The molecule has 2 aromatic heterocycles. The fourth-order valence-electron chi connectivity index (χ4n) is 3.14. The van der Waals surface area contributed by atoms with Crippen molar-refractivity contribution in [3.05, 3.63) is 57.0 Å². The molecule has 0 radical (unpaired) electrons. The highest BCUT2D eigenvalue weighted by Crippen LogP contribution is 2.18. The van der Waals surface area contributed by atoms with Crippen LogP contribution in [0.5, 0.6) is 0 Å². The minimum atomic E-state index is -0.544. The smallest absolute Gasteiger partial charge is 0.423 e. The van der Waals surface area contributed by atoms with E-state index >= 15 is 0 Å². The molecule has 1 N–H and O–H groups in total. The third-order valence-electron chi connectivity index (χ3n) is 4.63. The van der Waals surface area contributed by atoms with E-state index < -0.39 is 22.8 Å². The molecule has 31 heavy (non-hydrogen) atoms. The van der Waals surface area contributed by atoms with Crippen LogP contribution < -0.4 is 16.2 Å². The average Bonchev–Trinajstić information content (AvgIpc) is 2.69. The van der Waals surface area contributed by atoms with Crippen LogP contribution in [0.2, 0.25) is 0 Å². The number of pyridine rings is 1. The lowest BCUT2D eigenvalue weighted by atomic mass is 9.95. The van der Waals surface area contributed by atoms with Crippen molar-refractivity contribution in [2.75, 3.05) is 7.11 Å². The summed E-state index contributed by atoms with van der Waals surface area (Å²) in [6.07, 6.45) is 4.62. The normalized spacial score (nSPS) is 12.3. The lowest BCUT2D eigenvalue weighted by Crippen LogP contribution is -2.39. The van der Waals surface area contributed by atoms with E-state index in [1.54, 1.807) is 25.4 Å². The van der Waals surface area contributed by atoms with Crippen LogP contribution in [0, 0.1) is 5.92 Å². The largest absolute Gasteiger partial charge is 0.469 e. The van der Waals surface area contributed by atoms with Crippen LogP contribution in [0.25, 0.3) is 5.82 Å². The molecule has 2 aromatic rings. The number of aromatic amines is 1. The maximum atomic E-state index is 12.2. The van der Waals surface area contributed by atoms with Gasteiger partial charge in [0.25, 0.3) is 5.82 Å². The highest BCUT2D eigenvalue weighted by Gasteiger charge is 2.22. The van der Waals surface area contributed by atoms with Crippen molar-refractivity contribution in [1.82, 2.24) is 9.13 Å². The second-order valence-electron chi connectivity index (χ2n) is 8.37. The van der Waals surface area contributed by atoms with Crippen LogP contribution in [0.3, 0.4) is 0 Å². The molecule has 0 spiro atoms. The summed E-state index contributed by atoms with van der Waals surface area (Å²) in [5.74, 6) is -0.765. The lowest BCUT2D eigenvalue weighted by molar-refractivity contribution is -0.374. The van der Waals surface area contributed by atoms with E-state index in [-0.39, 0.29) is 18.4 Å². The predicted molar refractivity (Wildman–Crippen MR) is 113 cm³/mol. The van der Waals surface area contributed by atoms with Crippen molar-refractivity contribution in [1.29, 1.82) is 0 Å². The molecular weight excluding hydrogens is 402 g/mol. The Morgan fingerprint density at radius 3 is 2.45 bits per heavy atom. The summed E-state index contributed by atoms with van der Waals surface area (Å²) in [5, 5.41) is 0. The molecule has 0 aliphatic carbocycles. The van der Waals surface area contributed by atoms with Gasteiger partial charge < -0.3 is 9.47 Å². The number of rotatable bonds is 8. The number of nitrogens with zero attached hydrogens (tertiary/aromatic N) is 2. The predicted octanol–water partition coefficient (Wildman–Crippen LogP) is 1.19. The average molecular weight is 432 g/mol. The van der Waals surface area contributed by atoms with Crippen molar-refractivity contribution in [2.24, 2.45) is 13.0 Å². The number of methoxy groups -OCH3 is 1. The zero-order valence-corrected chi connectivity index (χ0v) is 18.6. The van der Waals surface area contributed by atoms with Crippen LogP contribution in [-0.4, -0.2) is 33.8 Å². The van der Waals surface area contributed by atoms with E-state index in [4.69, 9.17) is 9.47 Å². The maximum Gasteiger partial charge on any atom is 0.423 e. The van der Waals surface area contributed by atoms with Crippen molar-refractivity contribution < 1.29 is 24.0 Å². The molecule has 0 aliphatic heterocycles. The van der Waals surface area contributed by atoms with Gasteiger partial charge in [-0.3, -0.25) is 14.2 Å². The molecule has 9 heteroatoms. The molecule has 0 aromatic carbocycles. The summed E-state index contributed by atoms with van der Waals surface area (Å²) in [6, 6.07) is 4.67. The molecule has 2 heterocycles. The highest BCUT2D eigenvalue weighted by molar-refractivity contribution is 5.73. The topological polar surface area (TPSA) is 111 Å². The number of hydrogen-bond acceptors (Lipinski definition) is 6. The molecule has 0 fully saturated rings. The Labute approximate surface area is 180 Å². The molecule has 0 saturated heterocycles. The fraction of sp³-hybridized carbons (Fsp3) is 0.500. The minimum absolute atomic E-state index is 0.218. The van der Waals surface area contributed by atoms with E-state index in [2.05, 4.69) is 4.98 Å². The molecule has 2 rings (SSSR count). The van der Waals surface area contributed by atoms with Gasteiger partial charge in [-0.2, -0.15) is 0 Å². The molecule has 168 valence electrons. The zero-order chi connectivity index (χ0) is 23.2. The molecule has 0 amide bonds. The quantitative estimate of drug-likeness (QED) is 0.580. The van der Waals surface area contributed by atoms with Crippen LogP contribution in [0.4, 0.5) is 0 Å². The summed E-state index contributed by atoms with van der Waals surface area (Å²) in [4.78, 5) is 51.4. The number of esters is 2. The third kappa shape index (κ3) is 6.91. The van der Waals surface area contributed by atoms with Crippen LogP contribution in [0.1, 0.15) is 45.6 Å². The third-order valence-corrected chi connectivity index (χ3v) is 4.63. The standard InChI is InChI=1S/C22H29N3O6/c1-22(2,3)31-19(27)8-6-7-16(20(28)30-5)13-15-9-10-17(23-14-15)25-18(26)11-12-24(4)21(25)29/h9-12,14,16H,6-8,13H2,1-5H3/p+1/t16-/m0/s1. The first-order chi connectivity index (χ1) is 14.5. The van der Waals surface area contributed by atoms with E-state index in [1.165, 1.54) is 23.9 Å². The van der Waals surface area contributed by atoms with Crippen LogP contribution in [0.15, 0.2) is 40.2 Å². The molecule has 0 unspecified atom stereocenters. The van der Waals surface area contributed by atoms with Crippen molar-refractivity contribution in [3.63, 3.8) is 0 Å². The van der Waals surface area contributed by atoms with E-state index in [1.807, 2.05) is 20.8 Å². The fourth-order valence-corrected chi connectivity index (χ4v) is 3.14. The molecule has 9 nitrogen and oxygen atoms in total.